The maximum absolute atomic E-state index is 11.3. The third-order valence-electron chi connectivity index (χ3n) is 3.02. The Bertz CT molecular complexity index is 609. The highest BCUT2D eigenvalue weighted by atomic mass is 16.5. The fourth-order valence-electron chi connectivity index (χ4n) is 2.14. The standard InChI is InChI=1S/C14H12N2O2/c15-14(17)12-6-10-7-18-8-11(10)13(16-12)9-4-2-1-3-5-9/h1-6H,7-8H2,(H2,15,17). The highest BCUT2D eigenvalue weighted by Gasteiger charge is 2.20. The van der Waals surface area contributed by atoms with Crippen molar-refractivity contribution in [2.75, 3.05) is 0 Å². The summed E-state index contributed by atoms with van der Waals surface area (Å²) in [4.78, 5) is 15.7. The van der Waals surface area contributed by atoms with Crippen LogP contribution in [0.5, 0.6) is 0 Å². The Morgan fingerprint density at radius 2 is 2.00 bits per heavy atom. The van der Waals surface area contributed by atoms with Crippen molar-refractivity contribution in [3.63, 3.8) is 0 Å². The molecule has 0 atom stereocenters. The number of fused-ring (bicyclic) bond motifs is 1. The molecule has 0 unspecified atom stereocenters. The number of amides is 1. The van der Waals surface area contributed by atoms with Crippen molar-refractivity contribution in [1.29, 1.82) is 0 Å². The van der Waals surface area contributed by atoms with Crippen molar-refractivity contribution >= 4 is 5.91 Å². The number of ether oxygens (including phenoxy) is 1. The number of nitrogens with zero attached hydrogens (tertiary/aromatic N) is 1. The Hall–Kier alpha value is -2.20. The van der Waals surface area contributed by atoms with Crippen molar-refractivity contribution in [3.8, 4) is 11.3 Å². The summed E-state index contributed by atoms with van der Waals surface area (Å²) in [6.07, 6.45) is 0. The molecule has 4 heteroatoms. The second-order valence-corrected chi connectivity index (χ2v) is 4.22. The summed E-state index contributed by atoms with van der Waals surface area (Å²) in [6.45, 7) is 1.05. The van der Waals surface area contributed by atoms with E-state index in [9.17, 15) is 4.79 Å². The SMILES string of the molecule is NC(=O)c1cc2c(c(-c3ccccc3)n1)COC2. The van der Waals surface area contributed by atoms with Crippen LogP contribution in [0.1, 0.15) is 21.6 Å². The first-order valence-electron chi connectivity index (χ1n) is 5.71. The van der Waals surface area contributed by atoms with E-state index in [1.54, 1.807) is 6.07 Å². The van der Waals surface area contributed by atoms with Crippen LogP contribution < -0.4 is 5.73 Å². The van der Waals surface area contributed by atoms with Gasteiger partial charge in [-0.3, -0.25) is 4.79 Å². The highest BCUT2D eigenvalue weighted by Crippen LogP contribution is 2.30. The van der Waals surface area contributed by atoms with Crippen LogP contribution in [0.4, 0.5) is 0 Å². The Kier molecular flexibility index (Phi) is 2.57. The van der Waals surface area contributed by atoms with E-state index in [0.717, 1.165) is 22.4 Å². The minimum absolute atomic E-state index is 0.290. The van der Waals surface area contributed by atoms with E-state index in [2.05, 4.69) is 4.98 Å². The summed E-state index contributed by atoms with van der Waals surface area (Å²) in [6, 6.07) is 11.5. The average molecular weight is 240 g/mol. The molecular weight excluding hydrogens is 228 g/mol. The van der Waals surface area contributed by atoms with Gasteiger partial charge in [0, 0.05) is 11.1 Å². The topological polar surface area (TPSA) is 65.2 Å². The van der Waals surface area contributed by atoms with Gasteiger partial charge >= 0.3 is 0 Å². The van der Waals surface area contributed by atoms with Gasteiger partial charge in [0.25, 0.3) is 5.91 Å². The molecule has 1 aliphatic rings. The molecule has 3 rings (SSSR count). The van der Waals surface area contributed by atoms with Gasteiger partial charge in [0.1, 0.15) is 5.69 Å². The van der Waals surface area contributed by atoms with E-state index in [-0.39, 0.29) is 5.69 Å². The zero-order valence-corrected chi connectivity index (χ0v) is 9.72. The zero-order valence-electron chi connectivity index (χ0n) is 9.72. The van der Waals surface area contributed by atoms with Gasteiger partial charge in [-0.15, -0.1) is 0 Å². The molecule has 1 aromatic heterocycles. The van der Waals surface area contributed by atoms with Crippen molar-refractivity contribution < 1.29 is 9.53 Å². The van der Waals surface area contributed by atoms with Gasteiger partial charge in [0.2, 0.25) is 0 Å². The summed E-state index contributed by atoms with van der Waals surface area (Å²) < 4.78 is 5.42. The minimum atomic E-state index is -0.512. The molecule has 0 aliphatic carbocycles. The lowest BCUT2D eigenvalue weighted by molar-refractivity contribution is 0.0995. The Labute approximate surface area is 104 Å². The van der Waals surface area contributed by atoms with Crippen LogP contribution in [-0.4, -0.2) is 10.9 Å². The molecule has 90 valence electrons. The molecule has 1 aliphatic heterocycles. The molecular formula is C14H12N2O2. The number of hydrogen-bond acceptors (Lipinski definition) is 3. The largest absolute Gasteiger partial charge is 0.372 e. The Morgan fingerprint density at radius 3 is 2.72 bits per heavy atom. The van der Waals surface area contributed by atoms with Gasteiger partial charge in [-0.25, -0.2) is 4.98 Å². The van der Waals surface area contributed by atoms with Crippen LogP contribution in [0.3, 0.4) is 0 Å². The molecule has 4 nitrogen and oxygen atoms in total. The summed E-state index contributed by atoms with van der Waals surface area (Å²) in [5.41, 5.74) is 9.41. The Morgan fingerprint density at radius 1 is 1.22 bits per heavy atom. The van der Waals surface area contributed by atoms with Crippen LogP contribution in [0.25, 0.3) is 11.3 Å². The number of carbonyl (C=O) groups excluding carboxylic acids is 1. The summed E-state index contributed by atoms with van der Waals surface area (Å²) in [7, 11) is 0. The monoisotopic (exact) mass is 240 g/mol. The number of nitrogens with two attached hydrogens (primary N) is 1. The lowest BCUT2D eigenvalue weighted by atomic mass is 10.0. The molecule has 0 saturated heterocycles. The van der Waals surface area contributed by atoms with Gasteiger partial charge in [-0.1, -0.05) is 30.3 Å². The average Bonchev–Trinajstić information content (AvgIpc) is 2.86. The first kappa shape index (κ1) is 10.9. The molecule has 1 aromatic carbocycles. The molecule has 0 spiro atoms. The second kappa shape index (κ2) is 4.23. The van der Waals surface area contributed by atoms with E-state index in [0.29, 0.717) is 13.2 Å². The van der Waals surface area contributed by atoms with E-state index < -0.39 is 5.91 Å². The van der Waals surface area contributed by atoms with Crippen LogP contribution in [-0.2, 0) is 18.0 Å². The lowest BCUT2D eigenvalue weighted by Crippen LogP contribution is -2.14. The maximum Gasteiger partial charge on any atom is 0.267 e. The quantitative estimate of drug-likeness (QED) is 0.871. The number of benzene rings is 1. The minimum Gasteiger partial charge on any atom is -0.372 e. The molecule has 0 bridgehead atoms. The van der Waals surface area contributed by atoms with E-state index in [1.807, 2.05) is 30.3 Å². The first-order valence-corrected chi connectivity index (χ1v) is 5.71. The van der Waals surface area contributed by atoms with Gasteiger partial charge < -0.3 is 10.5 Å². The summed E-state index contributed by atoms with van der Waals surface area (Å²) in [5, 5.41) is 0. The third-order valence-corrected chi connectivity index (χ3v) is 3.02. The Balaban J connectivity index is 2.22. The van der Waals surface area contributed by atoms with Crippen LogP contribution in [0.15, 0.2) is 36.4 Å². The highest BCUT2D eigenvalue weighted by molar-refractivity contribution is 5.92. The summed E-state index contributed by atoms with van der Waals surface area (Å²) >= 11 is 0. The molecule has 1 amide bonds. The maximum atomic E-state index is 11.3. The lowest BCUT2D eigenvalue weighted by Gasteiger charge is -2.08. The number of pyridine rings is 1. The molecule has 0 radical (unpaired) electrons. The third kappa shape index (κ3) is 1.76. The zero-order chi connectivity index (χ0) is 12.5. The fraction of sp³-hybridized carbons (Fsp3) is 0.143. The van der Waals surface area contributed by atoms with Gasteiger partial charge in [-0.05, 0) is 11.6 Å². The molecule has 0 fully saturated rings. The van der Waals surface area contributed by atoms with E-state index in [4.69, 9.17) is 10.5 Å². The van der Waals surface area contributed by atoms with Crippen molar-refractivity contribution in [2.24, 2.45) is 5.73 Å². The normalized spacial score (nSPS) is 13.3. The molecule has 18 heavy (non-hydrogen) atoms. The van der Waals surface area contributed by atoms with Gasteiger partial charge in [0.05, 0.1) is 18.9 Å². The number of aromatic nitrogens is 1. The number of hydrogen-bond donors (Lipinski definition) is 1. The van der Waals surface area contributed by atoms with Crippen LogP contribution in [0.2, 0.25) is 0 Å². The first-order chi connectivity index (χ1) is 8.75. The van der Waals surface area contributed by atoms with Crippen molar-refractivity contribution in [3.05, 3.63) is 53.2 Å². The number of rotatable bonds is 2. The van der Waals surface area contributed by atoms with Gasteiger partial charge in [-0.2, -0.15) is 0 Å². The smallest absolute Gasteiger partial charge is 0.267 e. The predicted octanol–water partition coefficient (Wildman–Crippen LogP) is 1.88. The second-order valence-electron chi connectivity index (χ2n) is 4.22. The van der Waals surface area contributed by atoms with Crippen LogP contribution in [0, 0.1) is 0 Å². The van der Waals surface area contributed by atoms with Crippen molar-refractivity contribution in [2.45, 2.75) is 13.2 Å². The predicted molar refractivity (Wildman–Crippen MR) is 66.7 cm³/mol. The molecule has 0 saturated carbocycles. The van der Waals surface area contributed by atoms with Crippen molar-refractivity contribution in [1.82, 2.24) is 4.98 Å². The number of primary amides is 1. The van der Waals surface area contributed by atoms with E-state index >= 15 is 0 Å². The van der Waals surface area contributed by atoms with Crippen LogP contribution >= 0.6 is 0 Å². The fourth-order valence-corrected chi connectivity index (χ4v) is 2.14. The molecule has 2 N–H and O–H groups in total. The van der Waals surface area contributed by atoms with Gasteiger partial charge in [0.15, 0.2) is 0 Å². The molecule has 2 aromatic rings. The number of carbonyl (C=O) groups is 1. The molecule has 2 heterocycles. The van der Waals surface area contributed by atoms with E-state index in [1.165, 1.54) is 0 Å². The summed E-state index contributed by atoms with van der Waals surface area (Å²) in [5.74, 6) is -0.512.